The van der Waals surface area contributed by atoms with Crippen LogP contribution in [0.25, 0.3) is 0 Å². The van der Waals surface area contributed by atoms with Crippen LogP contribution in [0, 0.1) is 11.8 Å². The van der Waals surface area contributed by atoms with E-state index in [4.69, 9.17) is 37.0 Å². The first-order chi connectivity index (χ1) is 44.9. The lowest BCUT2D eigenvalue weighted by atomic mass is 10.0. The molecule has 2 unspecified atom stereocenters. The smallest absolute Gasteiger partial charge is 0.462 e. The minimum absolute atomic E-state index is 0.106. The molecule has 93 heavy (non-hydrogen) atoms. The van der Waals surface area contributed by atoms with Crippen molar-refractivity contribution < 1.29 is 80.2 Å². The van der Waals surface area contributed by atoms with Crippen molar-refractivity contribution in [3.63, 3.8) is 0 Å². The summed E-state index contributed by atoms with van der Waals surface area (Å²) in [5, 5.41) is 10.6. The first-order valence-corrected chi connectivity index (χ1v) is 41.5. The van der Waals surface area contributed by atoms with E-state index in [0.717, 1.165) is 102 Å². The van der Waals surface area contributed by atoms with E-state index >= 15 is 0 Å². The number of rotatable bonds is 73. The fourth-order valence-corrected chi connectivity index (χ4v) is 12.9. The largest absolute Gasteiger partial charge is 0.472 e. The Hall–Kier alpha value is -1.94. The van der Waals surface area contributed by atoms with Gasteiger partial charge in [-0.1, -0.05) is 330 Å². The molecule has 0 heterocycles. The van der Waals surface area contributed by atoms with Crippen molar-refractivity contribution in [3.05, 3.63) is 0 Å². The monoisotopic (exact) mass is 1370 g/mol. The SMILES string of the molecule is CCCCCCCCCCCCCCCCCC(=O)OC[C@H](COP(=O)(O)OC[C@@H](O)COP(=O)(O)OC[C@@H](COC(=O)CCCCCCCCCCCC)OC(=O)CCCCCCCCCCCC(C)C)OC(=O)CCCCCCCCCCCCCCCC(C)C. The zero-order chi connectivity index (χ0) is 68.6. The lowest BCUT2D eigenvalue weighted by molar-refractivity contribution is -0.161. The summed E-state index contributed by atoms with van der Waals surface area (Å²) in [5.41, 5.74) is 0. The van der Waals surface area contributed by atoms with Crippen LogP contribution in [0.2, 0.25) is 0 Å². The van der Waals surface area contributed by atoms with Gasteiger partial charge < -0.3 is 33.8 Å². The molecular weight excluding hydrogens is 1220 g/mol. The van der Waals surface area contributed by atoms with Crippen LogP contribution in [0.1, 0.15) is 382 Å². The summed E-state index contributed by atoms with van der Waals surface area (Å²) in [4.78, 5) is 72.7. The van der Waals surface area contributed by atoms with Crippen molar-refractivity contribution >= 4 is 39.5 Å². The highest BCUT2D eigenvalue weighted by Crippen LogP contribution is 2.45. The second-order valence-corrected chi connectivity index (χ2v) is 30.5. The maximum absolute atomic E-state index is 13.1. The number of phosphoric ester groups is 2. The third-order valence-electron chi connectivity index (χ3n) is 17.2. The Kier molecular flexibility index (Phi) is 64.6. The average molecular weight is 1370 g/mol. The molecule has 552 valence electrons. The van der Waals surface area contributed by atoms with Crippen LogP contribution >= 0.6 is 15.6 Å². The molecule has 0 aromatic heterocycles. The molecule has 0 radical (unpaired) electrons. The van der Waals surface area contributed by atoms with E-state index in [1.165, 1.54) is 199 Å². The van der Waals surface area contributed by atoms with Crippen molar-refractivity contribution in [2.24, 2.45) is 11.8 Å². The maximum Gasteiger partial charge on any atom is 0.472 e. The van der Waals surface area contributed by atoms with Crippen LogP contribution < -0.4 is 0 Å². The maximum atomic E-state index is 13.1. The number of ether oxygens (including phenoxy) is 4. The van der Waals surface area contributed by atoms with Gasteiger partial charge in [0.25, 0.3) is 0 Å². The fraction of sp³-hybridized carbons (Fsp3) is 0.946. The zero-order valence-electron chi connectivity index (χ0n) is 60.6. The van der Waals surface area contributed by atoms with Gasteiger partial charge in [-0.15, -0.1) is 0 Å². The van der Waals surface area contributed by atoms with E-state index < -0.39 is 97.5 Å². The zero-order valence-corrected chi connectivity index (χ0v) is 62.3. The molecule has 0 aliphatic heterocycles. The highest BCUT2D eigenvalue weighted by Gasteiger charge is 2.30. The molecule has 0 aromatic rings. The van der Waals surface area contributed by atoms with Crippen molar-refractivity contribution in [1.29, 1.82) is 0 Å². The van der Waals surface area contributed by atoms with Gasteiger partial charge in [0.15, 0.2) is 12.2 Å². The highest BCUT2D eigenvalue weighted by molar-refractivity contribution is 7.47. The normalized spacial score (nSPS) is 14.1. The van der Waals surface area contributed by atoms with Gasteiger partial charge in [0, 0.05) is 25.7 Å². The molecule has 0 aromatic carbocycles. The van der Waals surface area contributed by atoms with E-state index in [1.54, 1.807) is 0 Å². The number of esters is 4. The van der Waals surface area contributed by atoms with Crippen molar-refractivity contribution in [2.45, 2.75) is 400 Å². The Morgan fingerprint density at radius 1 is 0.290 bits per heavy atom. The van der Waals surface area contributed by atoms with Gasteiger partial charge in [0.05, 0.1) is 26.4 Å². The third kappa shape index (κ3) is 68.4. The van der Waals surface area contributed by atoms with Gasteiger partial charge in [0.1, 0.15) is 19.3 Å². The summed E-state index contributed by atoms with van der Waals surface area (Å²) in [6, 6.07) is 0. The van der Waals surface area contributed by atoms with Gasteiger partial charge in [0.2, 0.25) is 0 Å². The Balaban J connectivity index is 5.25. The molecule has 17 nitrogen and oxygen atoms in total. The lowest BCUT2D eigenvalue weighted by Crippen LogP contribution is -2.30. The predicted molar refractivity (Wildman–Crippen MR) is 377 cm³/mol. The number of phosphoric acid groups is 2. The first-order valence-electron chi connectivity index (χ1n) is 38.5. The summed E-state index contributed by atoms with van der Waals surface area (Å²) in [6.07, 6.45) is 52.6. The molecule has 5 atom stereocenters. The van der Waals surface area contributed by atoms with E-state index in [9.17, 15) is 43.2 Å². The third-order valence-corrected chi connectivity index (χ3v) is 19.1. The van der Waals surface area contributed by atoms with Crippen LogP contribution in [-0.4, -0.2) is 96.7 Å². The Morgan fingerprint density at radius 3 is 0.731 bits per heavy atom. The van der Waals surface area contributed by atoms with Gasteiger partial charge in [-0.2, -0.15) is 0 Å². The van der Waals surface area contributed by atoms with Crippen LogP contribution in [0.15, 0.2) is 0 Å². The first kappa shape index (κ1) is 91.1. The number of unbranched alkanes of at least 4 members (excludes halogenated alkanes) is 43. The molecule has 0 saturated heterocycles. The van der Waals surface area contributed by atoms with Gasteiger partial charge in [-0.05, 0) is 37.5 Å². The number of carbonyl (C=O) groups excluding carboxylic acids is 4. The molecule has 0 bridgehead atoms. The Bertz CT molecular complexity index is 1800. The highest BCUT2D eigenvalue weighted by atomic mass is 31.2. The predicted octanol–water partition coefficient (Wildman–Crippen LogP) is 21.6. The molecule has 0 aliphatic carbocycles. The number of hydrogen-bond donors (Lipinski definition) is 3. The van der Waals surface area contributed by atoms with Crippen LogP contribution in [0.5, 0.6) is 0 Å². The van der Waals surface area contributed by atoms with Crippen LogP contribution in [0.4, 0.5) is 0 Å². The number of aliphatic hydroxyl groups is 1. The fourth-order valence-electron chi connectivity index (χ4n) is 11.3. The minimum Gasteiger partial charge on any atom is -0.462 e. The van der Waals surface area contributed by atoms with E-state index in [0.29, 0.717) is 25.7 Å². The lowest BCUT2D eigenvalue weighted by Gasteiger charge is -2.21. The van der Waals surface area contributed by atoms with E-state index in [-0.39, 0.29) is 25.7 Å². The van der Waals surface area contributed by atoms with Gasteiger partial charge >= 0.3 is 39.5 Å². The summed E-state index contributed by atoms with van der Waals surface area (Å²) in [6.45, 7) is 9.57. The topological polar surface area (TPSA) is 237 Å². The van der Waals surface area contributed by atoms with Crippen LogP contribution in [0.3, 0.4) is 0 Å². The number of aliphatic hydroxyl groups excluding tert-OH is 1. The standard InChI is InChI=1S/C74H144O17P2/c1-7-9-11-13-15-17-19-20-21-24-27-33-39-45-51-57-72(77)85-63-69(90-73(78)58-52-46-40-34-28-25-22-23-26-30-36-42-48-54-66(3)4)64-88-92(80,81)86-60-68(75)61-87-93(82,83)89-65-70(62-84-71(76)56-50-44-38-32-18-16-14-12-10-8-2)91-74(79)59-53-47-41-35-29-31-37-43-49-55-67(5)6/h66-70,75H,7-65H2,1-6H3,(H,80,81)(H,82,83)/t68-,69-,70-/m1/s1. The minimum atomic E-state index is -4.96. The molecule has 0 aliphatic rings. The molecule has 0 amide bonds. The summed E-state index contributed by atoms with van der Waals surface area (Å²) < 4.78 is 68.4. The molecule has 0 saturated carbocycles. The van der Waals surface area contributed by atoms with Crippen molar-refractivity contribution in [1.82, 2.24) is 0 Å². The molecular formula is C74H144O17P2. The van der Waals surface area contributed by atoms with E-state index in [1.807, 2.05) is 0 Å². The van der Waals surface area contributed by atoms with Crippen molar-refractivity contribution in [3.8, 4) is 0 Å². The van der Waals surface area contributed by atoms with E-state index in [2.05, 4.69) is 41.5 Å². The number of carbonyl (C=O) groups is 4. The summed E-state index contributed by atoms with van der Waals surface area (Å²) in [5.74, 6) is -0.594. The Morgan fingerprint density at radius 2 is 0.495 bits per heavy atom. The number of hydrogen-bond acceptors (Lipinski definition) is 15. The summed E-state index contributed by atoms with van der Waals surface area (Å²) in [7, 11) is -9.91. The van der Waals surface area contributed by atoms with Gasteiger partial charge in [-0.3, -0.25) is 37.3 Å². The summed E-state index contributed by atoms with van der Waals surface area (Å²) >= 11 is 0. The average Bonchev–Trinajstić information content (AvgIpc) is 2.34. The molecule has 0 rings (SSSR count). The van der Waals surface area contributed by atoms with Crippen molar-refractivity contribution in [2.75, 3.05) is 39.6 Å². The molecule has 0 fully saturated rings. The van der Waals surface area contributed by atoms with Crippen LogP contribution in [-0.2, 0) is 65.4 Å². The molecule has 19 heteroatoms. The van der Waals surface area contributed by atoms with Gasteiger partial charge in [-0.25, -0.2) is 9.13 Å². The second kappa shape index (κ2) is 66.0. The quantitative estimate of drug-likeness (QED) is 0.0222. The molecule has 3 N–H and O–H groups in total. The Labute approximate surface area is 568 Å². The second-order valence-electron chi connectivity index (χ2n) is 27.6. The molecule has 0 spiro atoms.